The average molecular weight is 496 g/mol. The van der Waals surface area contributed by atoms with E-state index >= 15 is 0 Å². The van der Waals surface area contributed by atoms with Gasteiger partial charge in [0.2, 0.25) is 5.91 Å². The number of rotatable bonds is 5. The van der Waals surface area contributed by atoms with Crippen molar-refractivity contribution in [2.75, 3.05) is 24.3 Å². The van der Waals surface area contributed by atoms with Crippen molar-refractivity contribution in [1.29, 1.82) is 0 Å². The molecule has 1 aliphatic heterocycles. The highest BCUT2D eigenvalue weighted by atomic mass is 35.5. The molecule has 0 radical (unpaired) electrons. The lowest BCUT2D eigenvalue weighted by atomic mass is 10.2. The molecule has 2 aromatic carbocycles. The Kier molecular flexibility index (Phi) is 6.28. The average Bonchev–Trinajstić information content (AvgIpc) is 3.13. The van der Waals surface area contributed by atoms with E-state index in [4.69, 9.17) is 11.6 Å². The van der Waals surface area contributed by atoms with Gasteiger partial charge in [0.05, 0.1) is 38.9 Å². The fraction of sp³-hybridized carbons (Fsp3) is 0.286. The highest BCUT2D eigenvalue weighted by molar-refractivity contribution is 7.99. The molecule has 7 nitrogen and oxygen atoms in total. The number of carbonyl (C=O) groups excluding carboxylic acids is 1. The second-order valence-electron chi connectivity index (χ2n) is 7.50. The summed E-state index contributed by atoms with van der Waals surface area (Å²) in [5.41, 5.74) is 0.417. The van der Waals surface area contributed by atoms with Crippen molar-refractivity contribution in [1.82, 2.24) is 14.5 Å². The van der Waals surface area contributed by atoms with Crippen molar-refractivity contribution in [3.8, 4) is 5.69 Å². The van der Waals surface area contributed by atoms with Gasteiger partial charge < -0.3 is 4.90 Å². The summed E-state index contributed by atoms with van der Waals surface area (Å²) in [4.78, 5) is 31.9. The van der Waals surface area contributed by atoms with Crippen LogP contribution in [0.25, 0.3) is 16.6 Å². The number of thioether (sulfide) groups is 1. The number of para-hydroxylation sites is 1. The number of sulfone groups is 1. The molecule has 1 amide bonds. The fourth-order valence-corrected chi connectivity index (χ4v) is 6.46. The molecule has 1 aromatic heterocycles. The van der Waals surface area contributed by atoms with Crippen molar-refractivity contribution >= 4 is 50.0 Å². The topological polar surface area (TPSA) is 89.3 Å². The summed E-state index contributed by atoms with van der Waals surface area (Å²) in [6.07, 6.45) is 0.405. The third-order valence-corrected chi connectivity index (χ3v) is 8.34. The number of halogens is 2. The highest BCUT2D eigenvalue weighted by Crippen LogP contribution is 2.25. The molecule has 168 valence electrons. The molecular weight excluding hydrogens is 477 g/mol. The lowest BCUT2D eigenvalue weighted by molar-refractivity contribution is -0.128. The number of carbonyl (C=O) groups is 1. The van der Waals surface area contributed by atoms with E-state index < -0.39 is 15.7 Å². The second-order valence-corrected chi connectivity index (χ2v) is 11.1. The van der Waals surface area contributed by atoms with Crippen molar-refractivity contribution in [2.24, 2.45) is 0 Å². The van der Waals surface area contributed by atoms with Crippen LogP contribution in [0.15, 0.2) is 52.4 Å². The standard InChI is InChI=1S/C21H19ClFN3O4S2/c1-25(14-8-9-32(29,30)12-14)19(27)11-31-21-24-18-5-3-2-4-15(18)20(28)26(21)13-6-7-17(23)16(22)10-13/h2-7,10,14H,8-9,11-12H2,1H3. The zero-order valence-electron chi connectivity index (χ0n) is 17.0. The van der Waals surface area contributed by atoms with Gasteiger partial charge in [-0.2, -0.15) is 0 Å². The number of fused-ring (bicyclic) bond motifs is 1. The Bertz CT molecular complexity index is 1380. The summed E-state index contributed by atoms with van der Waals surface area (Å²) in [6, 6.07) is 10.3. The van der Waals surface area contributed by atoms with Gasteiger partial charge in [-0.05, 0) is 36.8 Å². The van der Waals surface area contributed by atoms with E-state index in [-0.39, 0.29) is 44.9 Å². The van der Waals surface area contributed by atoms with Crippen LogP contribution in [0.1, 0.15) is 6.42 Å². The Hall–Kier alpha value is -2.43. The Morgan fingerprint density at radius 2 is 2.06 bits per heavy atom. The van der Waals surface area contributed by atoms with E-state index in [1.54, 1.807) is 31.3 Å². The maximum Gasteiger partial charge on any atom is 0.266 e. The third-order valence-electron chi connectivity index (χ3n) is 5.38. The van der Waals surface area contributed by atoms with Crippen LogP contribution in [0.4, 0.5) is 4.39 Å². The van der Waals surface area contributed by atoms with E-state index in [2.05, 4.69) is 4.98 Å². The minimum Gasteiger partial charge on any atom is -0.341 e. The van der Waals surface area contributed by atoms with E-state index in [9.17, 15) is 22.4 Å². The maximum absolute atomic E-state index is 13.7. The van der Waals surface area contributed by atoms with Gasteiger partial charge in [-0.1, -0.05) is 35.5 Å². The monoisotopic (exact) mass is 495 g/mol. The molecule has 1 saturated heterocycles. The number of nitrogens with zero attached hydrogens (tertiary/aromatic N) is 3. The van der Waals surface area contributed by atoms with E-state index in [1.165, 1.54) is 21.6 Å². The molecule has 0 saturated carbocycles. The molecule has 32 heavy (non-hydrogen) atoms. The van der Waals surface area contributed by atoms with Crippen molar-refractivity contribution in [3.63, 3.8) is 0 Å². The van der Waals surface area contributed by atoms with Gasteiger partial charge in [0, 0.05) is 13.1 Å². The Labute approximate surface area is 193 Å². The smallest absolute Gasteiger partial charge is 0.266 e. The summed E-state index contributed by atoms with van der Waals surface area (Å²) >= 11 is 6.97. The zero-order valence-corrected chi connectivity index (χ0v) is 19.4. The summed E-state index contributed by atoms with van der Waals surface area (Å²) in [5, 5.41) is 0.478. The molecule has 11 heteroatoms. The van der Waals surface area contributed by atoms with Gasteiger partial charge in [0.15, 0.2) is 15.0 Å². The van der Waals surface area contributed by atoms with Gasteiger partial charge >= 0.3 is 0 Å². The predicted octanol–water partition coefficient (Wildman–Crippen LogP) is 2.92. The molecule has 0 bridgehead atoms. The SMILES string of the molecule is CN(C(=O)CSc1nc2ccccc2c(=O)n1-c1ccc(F)c(Cl)c1)C1CCS(=O)(=O)C1. The molecule has 4 rings (SSSR count). The lowest BCUT2D eigenvalue weighted by Crippen LogP contribution is -2.39. The fourth-order valence-electron chi connectivity index (χ4n) is 3.57. The van der Waals surface area contributed by atoms with Crippen LogP contribution in [-0.2, 0) is 14.6 Å². The van der Waals surface area contributed by atoms with Crippen LogP contribution >= 0.6 is 23.4 Å². The van der Waals surface area contributed by atoms with Crippen LogP contribution in [0.3, 0.4) is 0 Å². The molecule has 1 aliphatic rings. The summed E-state index contributed by atoms with van der Waals surface area (Å²) in [5.74, 6) is -0.919. The summed E-state index contributed by atoms with van der Waals surface area (Å²) in [7, 11) is -1.54. The van der Waals surface area contributed by atoms with Crippen molar-refractivity contribution in [3.05, 3.63) is 63.7 Å². The van der Waals surface area contributed by atoms with E-state index in [1.807, 2.05) is 0 Å². The Morgan fingerprint density at radius 3 is 2.75 bits per heavy atom. The normalized spacial score (nSPS) is 17.5. The van der Waals surface area contributed by atoms with Crippen LogP contribution < -0.4 is 5.56 Å². The number of aromatic nitrogens is 2. The van der Waals surface area contributed by atoms with Crippen molar-refractivity contribution in [2.45, 2.75) is 17.6 Å². The van der Waals surface area contributed by atoms with Gasteiger partial charge in [0.25, 0.3) is 5.56 Å². The van der Waals surface area contributed by atoms with Gasteiger partial charge in [-0.3, -0.25) is 14.2 Å². The van der Waals surface area contributed by atoms with E-state index in [0.29, 0.717) is 23.0 Å². The number of benzene rings is 2. The molecule has 1 atom stereocenters. The second kappa shape index (κ2) is 8.84. The first-order chi connectivity index (χ1) is 15.2. The first-order valence-electron chi connectivity index (χ1n) is 9.72. The van der Waals surface area contributed by atoms with Crippen molar-refractivity contribution < 1.29 is 17.6 Å². The highest BCUT2D eigenvalue weighted by Gasteiger charge is 2.32. The molecular formula is C21H19ClFN3O4S2. The minimum absolute atomic E-state index is 0.0487. The first-order valence-corrected chi connectivity index (χ1v) is 12.9. The van der Waals surface area contributed by atoms with Crippen LogP contribution in [-0.4, -0.2) is 59.1 Å². The number of hydrogen-bond donors (Lipinski definition) is 0. The Balaban J connectivity index is 1.67. The van der Waals surface area contributed by atoms with Gasteiger partial charge in [0.1, 0.15) is 5.82 Å². The van der Waals surface area contributed by atoms with Crippen LogP contribution in [0, 0.1) is 5.82 Å². The Morgan fingerprint density at radius 1 is 1.31 bits per heavy atom. The lowest BCUT2D eigenvalue weighted by Gasteiger charge is -2.23. The predicted molar refractivity (Wildman–Crippen MR) is 123 cm³/mol. The molecule has 1 unspecified atom stereocenters. The van der Waals surface area contributed by atoms with E-state index in [0.717, 1.165) is 17.8 Å². The van der Waals surface area contributed by atoms with Crippen LogP contribution in [0.2, 0.25) is 5.02 Å². The molecule has 0 aliphatic carbocycles. The summed E-state index contributed by atoms with van der Waals surface area (Å²) in [6.45, 7) is 0. The first kappa shape index (κ1) is 22.8. The number of hydrogen-bond acceptors (Lipinski definition) is 6. The molecule has 0 N–H and O–H groups in total. The van der Waals surface area contributed by atoms with Crippen LogP contribution in [0.5, 0.6) is 0 Å². The molecule has 3 aromatic rings. The third kappa shape index (κ3) is 4.53. The van der Waals surface area contributed by atoms with Gasteiger partial charge in [-0.25, -0.2) is 17.8 Å². The van der Waals surface area contributed by atoms with Gasteiger partial charge in [-0.15, -0.1) is 0 Å². The molecule has 0 spiro atoms. The summed E-state index contributed by atoms with van der Waals surface area (Å²) < 4.78 is 38.4. The largest absolute Gasteiger partial charge is 0.341 e. The zero-order chi connectivity index (χ0) is 23.0. The maximum atomic E-state index is 13.7. The quantitative estimate of drug-likeness (QED) is 0.399. The minimum atomic E-state index is -3.12. The molecule has 2 heterocycles. The molecule has 1 fully saturated rings. The number of amides is 1.